The second-order valence-corrected chi connectivity index (χ2v) is 6.01. The lowest BCUT2D eigenvalue weighted by Gasteiger charge is -2.08. The highest BCUT2D eigenvalue weighted by Gasteiger charge is 2.05. The summed E-state index contributed by atoms with van der Waals surface area (Å²) in [4.78, 5) is 15.4. The van der Waals surface area contributed by atoms with Gasteiger partial charge >= 0.3 is 0 Å². The van der Waals surface area contributed by atoms with Crippen molar-refractivity contribution in [3.05, 3.63) is 71.8 Å². The van der Waals surface area contributed by atoms with E-state index in [2.05, 4.69) is 20.7 Å². The molecule has 26 heavy (non-hydrogen) atoms. The molecule has 0 amide bonds. The number of carbonyl (C=O) groups excluding carboxylic acids is 1. The molecule has 0 saturated heterocycles. The fraction of sp³-hybridized carbons (Fsp3) is 0.111. The van der Waals surface area contributed by atoms with Gasteiger partial charge in [-0.1, -0.05) is 12.1 Å². The molecule has 1 aromatic heterocycles. The minimum Gasteiger partial charge on any atom is -0.332 e. The number of nitrogens with zero attached hydrogens (tertiary/aromatic N) is 3. The minimum absolute atomic E-state index is 0.00754. The number of aromatic nitrogens is 3. The topological polar surface area (TPSA) is 71.8 Å². The van der Waals surface area contributed by atoms with E-state index >= 15 is 0 Å². The normalized spacial score (nSPS) is 10.4. The predicted octanol–water partition coefficient (Wildman–Crippen LogP) is 3.48. The molecule has 6 nitrogen and oxygen atoms in total. The van der Waals surface area contributed by atoms with E-state index in [-0.39, 0.29) is 11.6 Å². The van der Waals surface area contributed by atoms with Crippen LogP contribution in [-0.2, 0) is 6.54 Å². The molecule has 8 heteroatoms. The van der Waals surface area contributed by atoms with Crippen molar-refractivity contribution in [1.29, 1.82) is 0 Å². The SMILES string of the molecule is CC(=O)c1ccc(NC(=S)Nc2ncn(Cc3ccc(F)cc3)n2)cc1. The first-order valence-corrected chi connectivity index (χ1v) is 8.23. The Morgan fingerprint density at radius 3 is 2.46 bits per heavy atom. The molecule has 3 aromatic rings. The van der Waals surface area contributed by atoms with Crippen molar-refractivity contribution in [2.75, 3.05) is 10.6 Å². The predicted molar refractivity (Wildman–Crippen MR) is 102 cm³/mol. The molecule has 0 radical (unpaired) electrons. The molecule has 0 aliphatic heterocycles. The molecule has 132 valence electrons. The summed E-state index contributed by atoms with van der Waals surface area (Å²) in [7, 11) is 0. The van der Waals surface area contributed by atoms with Crippen molar-refractivity contribution in [2.24, 2.45) is 0 Å². The van der Waals surface area contributed by atoms with Crippen LogP contribution in [0.4, 0.5) is 16.0 Å². The van der Waals surface area contributed by atoms with Crippen LogP contribution in [0.15, 0.2) is 54.9 Å². The Morgan fingerprint density at radius 1 is 1.12 bits per heavy atom. The van der Waals surface area contributed by atoms with Crippen molar-refractivity contribution in [3.63, 3.8) is 0 Å². The number of halogens is 1. The molecule has 0 unspecified atom stereocenters. The second-order valence-electron chi connectivity index (χ2n) is 5.60. The van der Waals surface area contributed by atoms with Crippen molar-refractivity contribution in [3.8, 4) is 0 Å². The third-order valence-electron chi connectivity index (χ3n) is 3.57. The first-order valence-electron chi connectivity index (χ1n) is 7.82. The molecule has 0 aliphatic rings. The van der Waals surface area contributed by atoms with Crippen molar-refractivity contribution < 1.29 is 9.18 Å². The highest BCUT2D eigenvalue weighted by molar-refractivity contribution is 7.80. The molecule has 3 rings (SSSR count). The fourth-order valence-electron chi connectivity index (χ4n) is 2.26. The van der Waals surface area contributed by atoms with Crippen LogP contribution in [-0.4, -0.2) is 25.7 Å². The van der Waals surface area contributed by atoms with E-state index in [0.717, 1.165) is 11.3 Å². The second kappa shape index (κ2) is 7.83. The maximum absolute atomic E-state index is 12.9. The molecular weight excluding hydrogens is 353 g/mol. The average Bonchev–Trinajstić information content (AvgIpc) is 3.04. The Bertz CT molecular complexity index is 922. The quantitative estimate of drug-likeness (QED) is 0.530. The first kappa shape index (κ1) is 17.7. The Balaban J connectivity index is 1.57. The van der Waals surface area contributed by atoms with Crippen LogP contribution in [0.1, 0.15) is 22.8 Å². The third-order valence-corrected chi connectivity index (χ3v) is 3.77. The van der Waals surface area contributed by atoms with Gasteiger partial charge < -0.3 is 5.32 Å². The molecule has 0 aliphatic carbocycles. The van der Waals surface area contributed by atoms with E-state index < -0.39 is 0 Å². The smallest absolute Gasteiger partial charge is 0.248 e. The van der Waals surface area contributed by atoms with E-state index in [1.54, 1.807) is 47.4 Å². The molecule has 0 spiro atoms. The molecule has 0 atom stereocenters. The fourth-order valence-corrected chi connectivity index (χ4v) is 2.47. The van der Waals surface area contributed by atoms with E-state index in [0.29, 0.717) is 23.2 Å². The standard InChI is InChI=1S/C18H16FN5OS/c1-12(25)14-4-8-16(9-5-14)21-18(26)22-17-20-11-24(23-17)10-13-2-6-15(19)7-3-13/h2-9,11H,10H2,1H3,(H2,21,22,23,26). The van der Waals surface area contributed by atoms with Gasteiger partial charge in [0.05, 0.1) is 6.54 Å². The van der Waals surface area contributed by atoms with Crippen LogP contribution in [0.2, 0.25) is 0 Å². The van der Waals surface area contributed by atoms with Crippen LogP contribution < -0.4 is 10.6 Å². The number of anilines is 2. The molecule has 2 N–H and O–H groups in total. The summed E-state index contributed by atoms with van der Waals surface area (Å²) in [5.74, 6) is 0.0839. The molecule has 0 saturated carbocycles. The van der Waals surface area contributed by atoms with Gasteiger partial charge in [-0.05, 0) is 61.1 Å². The summed E-state index contributed by atoms with van der Waals surface area (Å²) in [5, 5.41) is 10.5. The van der Waals surface area contributed by atoms with Gasteiger partial charge in [0, 0.05) is 11.3 Å². The van der Waals surface area contributed by atoms with Gasteiger partial charge in [-0.25, -0.2) is 14.1 Å². The van der Waals surface area contributed by atoms with Crippen LogP contribution in [0.5, 0.6) is 0 Å². The van der Waals surface area contributed by atoms with E-state index in [9.17, 15) is 9.18 Å². The van der Waals surface area contributed by atoms with Crippen molar-refractivity contribution in [1.82, 2.24) is 14.8 Å². The van der Waals surface area contributed by atoms with Gasteiger partial charge in [0.15, 0.2) is 10.9 Å². The minimum atomic E-state index is -0.276. The average molecular weight is 369 g/mol. The molecule has 0 bridgehead atoms. The van der Waals surface area contributed by atoms with Crippen molar-refractivity contribution >= 4 is 34.7 Å². The van der Waals surface area contributed by atoms with E-state index in [4.69, 9.17) is 12.2 Å². The summed E-state index contributed by atoms with van der Waals surface area (Å²) in [5.41, 5.74) is 2.29. The Hall–Kier alpha value is -3.13. The lowest BCUT2D eigenvalue weighted by atomic mass is 10.1. The summed E-state index contributed by atoms with van der Waals surface area (Å²) < 4.78 is 14.6. The summed E-state index contributed by atoms with van der Waals surface area (Å²) in [6, 6.07) is 13.2. The highest BCUT2D eigenvalue weighted by Crippen LogP contribution is 2.11. The number of thiocarbonyl (C=S) groups is 1. The van der Waals surface area contributed by atoms with Gasteiger partial charge in [-0.15, -0.1) is 5.10 Å². The number of rotatable bonds is 5. The number of nitrogens with one attached hydrogen (secondary N) is 2. The number of hydrogen-bond donors (Lipinski definition) is 2. The van der Waals surface area contributed by atoms with Gasteiger partial charge in [0.1, 0.15) is 12.1 Å². The molecule has 2 aromatic carbocycles. The molecular formula is C18H16FN5OS. The van der Waals surface area contributed by atoms with E-state index in [1.807, 2.05) is 0 Å². The maximum Gasteiger partial charge on any atom is 0.248 e. The molecule has 0 fully saturated rings. The Morgan fingerprint density at radius 2 is 1.81 bits per heavy atom. The van der Waals surface area contributed by atoms with Gasteiger partial charge in [-0.3, -0.25) is 10.1 Å². The largest absolute Gasteiger partial charge is 0.332 e. The van der Waals surface area contributed by atoms with Gasteiger partial charge in [-0.2, -0.15) is 0 Å². The Kier molecular flexibility index (Phi) is 5.33. The summed E-state index contributed by atoms with van der Waals surface area (Å²) >= 11 is 5.24. The monoisotopic (exact) mass is 369 g/mol. The molecule has 1 heterocycles. The lowest BCUT2D eigenvalue weighted by molar-refractivity contribution is 0.101. The third kappa shape index (κ3) is 4.70. The van der Waals surface area contributed by atoms with Crippen LogP contribution in [0, 0.1) is 5.82 Å². The van der Waals surface area contributed by atoms with Gasteiger partial charge in [0.2, 0.25) is 5.95 Å². The number of hydrogen-bond acceptors (Lipinski definition) is 4. The number of Topliss-reactive ketones (excluding diaryl/α,β-unsaturated/α-hetero) is 1. The maximum atomic E-state index is 12.9. The van der Waals surface area contributed by atoms with Crippen LogP contribution in [0.3, 0.4) is 0 Å². The number of benzene rings is 2. The highest BCUT2D eigenvalue weighted by atomic mass is 32.1. The number of carbonyl (C=O) groups is 1. The zero-order valence-electron chi connectivity index (χ0n) is 13.9. The van der Waals surface area contributed by atoms with E-state index in [1.165, 1.54) is 19.1 Å². The number of ketones is 1. The van der Waals surface area contributed by atoms with Crippen molar-refractivity contribution in [2.45, 2.75) is 13.5 Å². The van der Waals surface area contributed by atoms with Crippen LogP contribution >= 0.6 is 12.2 Å². The summed E-state index contributed by atoms with van der Waals surface area (Å²) in [6.45, 7) is 1.99. The zero-order valence-corrected chi connectivity index (χ0v) is 14.8. The zero-order chi connectivity index (χ0) is 18.5. The Labute approximate surface area is 155 Å². The first-order chi connectivity index (χ1) is 12.5. The lowest BCUT2D eigenvalue weighted by Crippen LogP contribution is -2.20. The van der Waals surface area contributed by atoms with Gasteiger partial charge in [0.25, 0.3) is 0 Å². The van der Waals surface area contributed by atoms with Crippen LogP contribution in [0.25, 0.3) is 0 Å². The summed E-state index contributed by atoms with van der Waals surface area (Å²) in [6.07, 6.45) is 1.57.